The van der Waals surface area contributed by atoms with Crippen LogP contribution in [0.3, 0.4) is 0 Å². The van der Waals surface area contributed by atoms with Gasteiger partial charge in [0, 0.05) is 13.1 Å². The minimum absolute atomic E-state index is 0.0483. The molecule has 15 heavy (non-hydrogen) atoms. The number of ketones is 1. The minimum Gasteiger partial charge on any atom is -0.493 e. The Kier molecular flexibility index (Phi) is 3.55. The number of nitrogens with two attached hydrogens (primary N) is 1. The summed E-state index contributed by atoms with van der Waals surface area (Å²) in [6, 6.07) is 3.38. The number of nitrogen functional groups attached to an aromatic ring is 1. The molecule has 3 N–H and O–H groups in total. The molecular formula is C11H16N2O2. The number of hydrogen-bond donors (Lipinski definition) is 2. The van der Waals surface area contributed by atoms with Crippen molar-refractivity contribution in [2.45, 2.75) is 13.8 Å². The first kappa shape index (κ1) is 11.4. The second-order valence-electron chi connectivity index (χ2n) is 3.17. The van der Waals surface area contributed by atoms with E-state index >= 15 is 0 Å². The van der Waals surface area contributed by atoms with Crippen LogP contribution in [0.5, 0.6) is 5.75 Å². The topological polar surface area (TPSA) is 64.3 Å². The third-order valence-corrected chi connectivity index (χ3v) is 2.10. The summed E-state index contributed by atoms with van der Waals surface area (Å²) in [6.07, 6.45) is 0. The molecule has 1 aromatic carbocycles. The molecule has 0 heterocycles. The van der Waals surface area contributed by atoms with Gasteiger partial charge in [-0.15, -0.1) is 0 Å². The molecule has 0 saturated heterocycles. The number of hydrogen-bond acceptors (Lipinski definition) is 4. The van der Waals surface area contributed by atoms with E-state index in [0.29, 0.717) is 23.6 Å². The molecule has 82 valence electrons. The molecule has 4 heteroatoms. The maximum absolute atomic E-state index is 11.3. The maximum Gasteiger partial charge on any atom is 0.163 e. The number of anilines is 2. The summed E-state index contributed by atoms with van der Waals surface area (Å²) in [6.45, 7) is 3.89. The predicted octanol–water partition coefficient (Wildman–Crippen LogP) is 1.91. The number of nitrogens with one attached hydrogen (secondary N) is 1. The number of ether oxygens (including phenoxy) is 1. The van der Waals surface area contributed by atoms with Crippen molar-refractivity contribution in [2.75, 3.05) is 24.7 Å². The predicted molar refractivity (Wildman–Crippen MR) is 61.6 cm³/mol. The molecule has 1 rings (SSSR count). The van der Waals surface area contributed by atoms with Crippen molar-refractivity contribution in [2.24, 2.45) is 0 Å². The molecule has 0 aliphatic heterocycles. The van der Waals surface area contributed by atoms with Gasteiger partial charge in [-0.1, -0.05) is 0 Å². The van der Waals surface area contributed by atoms with Gasteiger partial charge in [-0.3, -0.25) is 4.79 Å². The van der Waals surface area contributed by atoms with E-state index in [0.717, 1.165) is 5.69 Å². The fourth-order valence-electron chi connectivity index (χ4n) is 1.36. The number of rotatable bonds is 4. The summed E-state index contributed by atoms with van der Waals surface area (Å²) < 4.78 is 5.38. The van der Waals surface area contributed by atoms with Crippen LogP contribution in [-0.4, -0.2) is 19.4 Å². The summed E-state index contributed by atoms with van der Waals surface area (Å²) in [5, 5.41) is 2.94. The van der Waals surface area contributed by atoms with E-state index in [2.05, 4.69) is 5.32 Å². The quantitative estimate of drug-likeness (QED) is 0.586. The minimum atomic E-state index is -0.0483. The van der Waals surface area contributed by atoms with E-state index < -0.39 is 0 Å². The van der Waals surface area contributed by atoms with Gasteiger partial charge in [0.15, 0.2) is 5.78 Å². The average molecular weight is 208 g/mol. The van der Waals surface area contributed by atoms with Crippen LogP contribution in [0, 0.1) is 0 Å². The van der Waals surface area contributed by atoms with Gasteiger partial charge in [0.1, 0.15) is 5.75 Å². The smallest absolute Gasteiger partial charge is 0.163 e. The Morgan fingerprint density at radius 2 is 2.20 bits per heavy atom. The summed E-state index contributed by atoms with van der Waals surface area (Å²) in [5.41, 5.74) is 7.60. The van der Waals surface area contributed by atoms with E-state index in [1.165, 1.54) is 6.92 Å². The van der Waals surface area contributed by atoms with Crippen LogP contribution >= 0.6 is 0 Å². The van der Waals surface area contributed by atoms with Gasteiger partial charge in [-0.25, -0.2) is 0 Å². The lowest BCUT2D eigenvalue weighted by Gasteiger charge is -2.12. The van der Waals surface area contributed by atoms with Crippen molar-refractivity contribution < 1.29 is 9.53 Å². The van der Waals surface area contributed by atoms with Gasteiger partial charge >= 0.3 is 0 Å². The van der Waals surface area contributed by atoms with Crippen molar-refractivity contribution >= 4 is 17.2 Å². The Morgan fingerprint density at radius 1 is 1.53 bits per heavy atom. The number of carbonyl (C=O) groups is 1. The van der Waals surface area contributed by atoms with Crippen LogP contribution in [0.4, 0.5) is 11.4 Å². The van der Waals surface area contributed by atoms with Crippen molar-refractivity contribution in [3.63, 3.8) is 0 Å². The zero-order chi connectivity index (χ0) is 11.4. The SMILES string of the molecule is CCOc1cc(NC)c(N)cc1C(C)=O. The Labute approximate surface area is 89.4 Å². The first-order valence-corrected chi connectivity index (χ1v) is 4.85. The van der Waals surface area contributed by atoms with Crippen LogP contribution in [0.15, 0.2) is 12.1 Å². The zero-order valence-electron chi connectivity index (χ0n) is 9.26. The van der Waals surface area contributed by atoms with Crippen LogP contribution in [0.1, 0.15) is 24.2 Å². The average Bonchev–Trinajstić information content (AvgIpc) is 2.20. The van der Waals surface area contributed by atoms with E-state index in [1.807, 2.05) is 6.92 Å². The second kappa shape index (κ2) is 4.68. The third-order valence-electron chi connectivity index (χ3n) is 2.10. The number of Topliss-reactive ketones (excluding diaryl/α,β-unsaturated/α-hetero) is 1. The largest absolute Gasteiger partial charge is 0.493 e. The van der Waals surface area contributed by atoms with Crippen molar-refractivity contribution in [3.8, 4) is 5.75 Å². The van der Waals surface area contributed by atoms with Crippen LogP contribution in [0.2, 0.25) is 0 Å². The van der Waals surface area contributed by atoms with Gasteiger partial charge in [-0.2, -0.15) is 0 Å². The molecule has 0 saturated carbocycles. The lowest BCUT2D eigenvalue weighted by Crippen LogP contribution is -2.04. The summed E-state index contributed by atoms with van der Waals surface area (Å²) in [4.78, 5) is 11.3. The Hall–Kier alpha value is -1.71. The van der Waals surface area contributed by atoms with E-state index in [-0.39, 0.29) is 5.78 Å². The molecule has 4 nitrogen and oxygen atoms in total. The van der Waals surface area contributed by atoms with E-state index in [9.17, 15) is 4.79 Å². The Bertz CT molecular complexity index is 375. The first-order chi connectivity index (χ1) is 7.10. The molecule has 0 radical (unpaired) electrons. The fourth-order valence-corrected chi connectivity index (χ4v) is 1.36. The highest BCUT2D eigenvalue weighted by Gasteiger charge is 2.11. The van der Waals surface area contributed by atoms with Gasteiger partial charge in [0.2, 0.25) is 0 Å². The van der Waals surface area contributed by atoms with Gasteiger partial charge in [0.25, 0.3) is 0 Å². The monoisotopic (exact) mass is 208 g/mol. The van der Waals surface area contributed by atoms with Gasteiger partial charge in [-0.05, 0) is 19.9 Å². The molecule has 0 unspecified atom stereocenters. The van der Waals surface area contributed by atoms with Crippen LogP contribution < -0.4 is 15.8 Å². The van der Waals surface area contributed by atoms with Gasteiger partial charge in [0.05, 0.1) is 23.5 Å². The first-order valence-electron chi connectivity index (χ1n) is 4.85. The molecule has 0 fully saturated rings. The summed E-state index contributed by atoms with van der Waals surface area (Å²) >= 11 is 0. The molecular weight excluding hydrogens is 192 g/mol. The molecule has 0 aliphatic carbocycles. The standard InChI is InChI=1S/C11H16N2O2/c1-4-15-11-6-10(13-3)9(12)5-8(11)7(2)14/h5-6,13H,4,12H2,1-3H3. The van der Waals surface area contributed by atoms with Crippen molar-refractivity contribution in [3.05, 3.63) is 17.7 Å². The van der Waals surface area contributed by atoms with Crippen molar-refractivity contribution in [1.82, 2.24) is 0 Å². The molecule has 1 aromatic rings. The molecule has 0 aliphatic rings. The van der Waals surface area contributed by atoms with Gasteiger partial charge < -0.3 is 15.8 Å². The third kappa shape index (κ3) is 2.40. The second-order valence-corrected chi connectivity index (χ2v) is 3.17. The van der Waals surface area contributed by atoms with E-state index in [4.69, 9.17) is 10.5 Å². The van der Waals surface area contributed by atoms with E-state index in [1.54, 1.807) is 19.2 Å². The molecule has 0 atom stereocenters. The number of benzene rings is 1. The van der Waals surface area contributed by atoms with Crippen LogP contribution in [0.25, 0.3) is 0 Å². The molecule has 0 aromatic heterocycles. The molecule has 0 amide bonds. The van der Waals surface area contributed by atoms with Crippen LogP contribution in [-0.2, 0) is 0 Å². The van der Waals surface area contributed by atoms with Crippen molar-refractivity contribution in [1.29, 1.82) is 0 Å². The molecule has 0 spiro atoms. The maximum atomic E-state index is 11.3. The zero-order valence-corrected chi connectivity index (χ0v) is 9.26. The highest BCUT2D eigenvalue weighted by atomic mass is 16.5. The fraction of sp³-hybridized carbons (Fsp3) is 0.364. The summed E-state index contributed by atoms with van der Waals surface area (Å²) in [5.74, 6) is 0.524. The Morgan fingerprint density at radius 3 is 2.67 bits per heavy atom. The molecule has 0 bridgehead atoms. The lowest BCUT2D eigenvalue weighted by atomic mass is 10.1. The Balaban J connectivity index is 3.25. The highest BCUT2D eigenvalue weighted by Crippen LogP contribution is 2.29. The number of carbonyl (C=O) groups excluding carboxylic acids is 1. The highest BCUT2D eigenvalue weighted by molar-refractivity contribution is 5.99. The lowest BCUT2D eigenvalue weighted by molar-refractivity contribution is 0.101. The normalized spacial score (nSPS) is 9.80. The summed E-state index contributed by atoms with van der Waals surface area (Å²) in [7, 11) is 1.77.